The third kappa shape index (κ3) is 2.67. The minimum Gasteiger partial charge on any atom is -0.497 e. The molecule has 0 spiro atoms. The molecule has 6 heteroatoms. The van der Waals surface area contributed by atoms with E-state index in [9.17, 15) is 4.79 Å². The van der Waals surface area contributed by atoms with Gasteiger partial charge in [0.2, 0.25) is 0 Å². The lowest BCUT2D eigenvalue weighted by atomic mass is 10.1. The average molecular weight is 342 g/mol. The molecule has 3 aromatic rings. The largest absolute Gasteiger partial charge is 0.497 e. The molecule has 3 heterocycles. The zero-order valence-corrected chi connectivity index (χ0v) is 14.3. The zero-order chi connectivity index (χ0) is 16.5. The first-order chi connectivity index (χ1) is 11.8. The summed E-state index contributed by atoms with van der Waals surface area (Å²) in [6, 6.07) is 8.21. The number of rotatable bonds is 3. The van der Waals surface area contributed by atoms with Gasteiger partial charge in [-0.3, -0.25) is 4.79 Å². The lowest BCUT2D eigenvalue weighted by Crippen LogP contribution is -2.31. The summed E-state index contributed by atoms with van der Waals surface area (Å²) in [6.45, 7) is 1.78. The van der Waals surface area contributed by atoms with E-state index in [-0.39, 0.29) is 5.56 Å². The number of nitrogens with zero attached hydrogens (tertiary/aromatic N) is 2. The maximum absolute atomic E-state index is 12.4. The van der Waals surface area contributed by atoms with Crippen LogP contribution < -0.4 is 15.2 Å². The molecule has 1 aliphatic heterocycles. The van der Waals surface area contributed by atoms with Crippen molar-refractivity contribution in [2.45, 2.75) is 19.3 Å². The van der Waals surface area contributed by atoms with Crippen LogP contribution in [0.1, 0.15) is 19.3 Å². The summed E-state index contributed by atoms with van der Waals surface area (Å²) >= 11 is 1.38. The highest BCUT2D eigenvalue weighted by atomic mass is 32.1. The summed E-state index contributed by atoms with van der Waals surface area (Å²) in [5.41, 5.74) is 2.29. The molecule has 1 aliphatic rings. The van der Waals surface area contributed by atoms with Crippen LogP contribution in [-0.4, -0.2) is 25.2 Å². The van der Waals surface area contributed by atoms with E-state index in [1.807, 2.05) is 29.6 Å². The lowest BCUT2D eigenvalue weighted by Gasteiger charge is -2.25. The van der Waals surface area contributed by atoms with Gasteiger partial charge in [-0.2, -0.15) is 4.98 Å². The quantitative estimate of drug-likeness (QED) is 0.722. The van der Waals surface area contributed by atoms with Gasteiger partial charge in [0.1, 0.15) is 10.4 Å². The molecular formula is C18H18N2O3S. The van der Waals surface area contributed by atoms with Gasteiger partial charge < -0.3 is 14.1 Å². The first kappa shape index (κ1) is 15.2. The summed E-state index contributed by atoms with van der Waals surface area (Å²) in [4.78, 5) is 18.6. The third-order valence-electron chi connectivity index (χ3n) is 4.34. The Labute approximate surface area is 143 Å². The number of hydrogen-bond donors (Lipinski definition) is 0. The number of hydrogen-bond acceptors (Lipinski definition) is 6. The van der Waals surface area contributed by atoms with E-state index in [0.29, 0.717) is 16.3 Å². The molecule has 24 heavy (non-hydrogen) atoms. The van der Waals surface area contributed by atoms with Crippen LogP contribution in [0.15, 0.2) is 38.9 Å². The van der Waals surface area contributed by atoms with Crippen LogP contribution in [0.5, 0.6) is 5.75 Å². The molecule has 0 atom stereocenters. The van der Waals surface area contributed by atoms with Gasteiger partial charge >= 0.3 is 6.01 Å². The molecule has 5 nitrogen and oxygen atoms in total. The van der Waals surface area contributed by atoms with Crippen molar-refractivity contribution in [1.29, 1.82) is 0 Å². The van der Waals surface area contributed by atoms with Crippen molar-refractivity contribution in [3.63, 3.8) is 0 Å². The number of thiophene rings is 1. The molecule has 124 valence electrons. The monoisotopic (exact) mass is 342 g/mol. The first-order valence-corrected chi connectivity index (χ1v) is 8.96. The van der Waals surface area contributed by atoms with Crippen LogP contribution in [0.2, 0.25) is 0 Å². The van der Waals surface area contributed by atoms with Gasteiger partial charge in [-0.1, -0.05) is 12.1 Å². The maximum atomic E-state index is 12.4. The molecular weight excluding hydrogens is 324 g/mol. The molecule has 1 fully saturated rings. The summed E-state index contributed by atoms with van der Waals surface area (Å²) in [6.07, 6.45) is 3.43. The molecule has 0 unspecified atom stereocenters. The van der Waals surface area contributed by atoms with E-state index in [1.54, 1.807) is 7.11 Å². The molecule has 0 saturated carbocycles. The topological polar surface area (TPSA) is 55.6 Å². The SMILES string of the molecule is COc1cccc(-c2csc3c(=O)nc(N4CCCCC4)oc23)c1. The van der Waals surface area contributed by atoms with Gasteiger partial charge in [0.15, 0.2) is 5.58 Å². The number of benzene rings is 1. The van der Waals surface area contributed by atoms with Crippen molar-refractivity contribution >= 4 is 27.6 Å². The van der Waals surface area contributed by atoms with Gasteiger partial charge in [0.25, 0.3) is 5.56 Å². The van der Waals surface area contributed by atoms with Crippen LogP contribution in [0, 0.1) is 0 Å². The lowest BCUT2D eigenvalue weighted by molar-refractivity contribution is 0.415. The number of piperidine rings is 1. The Hall–Kier alpha value is -2.34. The maximum Gasteiger partial charge on any atom is 0.301 e. The summed E-state index contributed by atoms with van der Waals surface area (Å²) in [5, 5.41) is 1.95. The second-order valence-electron chi connectivity index (χ2n) is 5.89. The van der Waals surface area contributed by atoms with E-state index in [4.69, 9.17) is 9.15 Å². The molecule has 2 aromatic heterocycles. The van der Waals surface area contributed by atoms with Crippen molar-refractivity contribution in [2.75, 3.05) is 25.1 Å². The minimum absolute atomic E-state index is 0.212. The fraction of sp³-hybridized carbons (Fsp3) is 0.333. The van der Waals surface area contributed by atoms with Gasteiger partial charge in [-0.15, -0.1) is 11.3 Å². The van der Waals surface area contributed by atoms with Gasteiger partial charge in [-0.05, 0) is 37.0 Å². The molecule has 0 bridgehead atoms. The highest BCUT2D eigenvalue weighted by molar-refractivity contribution is 7.17. The summed E-state index contributed by atoms with van der Waals surface area (Å²) < 4.78 is 11.9. The van der Waals surface area contributed by atoms with Crippen molar-refractivity contribution in [3.05, 3.63) is 40.0 Å². The fourth-order valence-corrected chi connectivity index (χ4v) is 3.94. The first-order valence-electron chi connectivity index (χ1n) is 8.08. The average Bonchev–Trinajstić information content (AvgIpc) is 3.07. The minimum atomic E-state index is -0.212. The van der Waals surface area contributed by atoms with Crippen LogP contribution in [0.25, 0.3) is 21.4 Å². The predicted molar refractivity (Wildman–Crippen MR) is 96.2 cm³/mol. The fourth-order valence-electron chi connectivity index (χ4n) is 3.06. The molecule has 4 rings (SSSR count). The van der Waals surface area contributed by atoms with Crippen LogP contribution >= 0.6 is 11.3 Å². The van der Waals surface area contributed by atoms with Crippen molar-refractivity contribution in [2.24, 2.45) is 0 Å². The van der Waals surface area contributed by atoms with E-state index >= 15 is 0 Å². The number of methoxy groups -OCH3 is 1. The van der Waals surface area contributed by atoms with E-state index in [1.165, 1.54) is 17.8 Å². The second-order valence-corrected chi connectivity index (χ2v) is 6.77. The Morgan fingerprint density at radius 1 is 1.25 bits per heavy atom. The third-order valence-corrected chi connectivity index (χ3v) is 5.29. The van der Waals surface area contributed by atoms with Crippen LogP contribution in [-0.2, 0) is 0 Å². The Morgan fingerprint density at radius 3 is 2.88 bits per heavy atom. The number of ether oxygens (including phenoxy) is 1. The molecule has 0 N–H and O–H groups in total. The van der Waals surface area contributed by atoms with Gasteiger partial charge in [-0.25, -0.2) is 0 Å². The number of aromatic nitrogens is 1. The molecule has 1 aromatic carbocycles. The molecule has 0 amide bonds. The Kier molecular flexibility index (Phi) is 3.98. The van der Waals surface area contributed by atoms with Crippen LogP contribution in [0.3, 0.4) is 0 Å². The van der Waals surface area contributed by atoms with Crippen molar-refractivity contribution < 1.29 is 9.15 Å². The predicted octanol–water partition coefficient (Wildman–Crippen LogP) is 3.92. The Balaban J connectivity index is 1.84. The number of fused-ring (bicyclic) bond motifs is 1. The summed E-state index contributed by atoms with van der Waals surface area (Å²) in [5.74, 6) is 0.777. The zero-order valence-electron chi connectivity index (χ0n) is 13.4. The second kappa shape index (κ2) is 6.28. The molecule has 1 saturated heterocycles. The van der Waals surface area contributed by atoms with Crippen molar-refractivity contribution in [3.8, 4) is 16.9 Å². The Bertz CT molecular complexity index is 925. The van der Waals surface area contributed by atoms with Gasteiger partial charge in [0.05, 0.1) is 7.11 Å². The van der Waals surface area contributed by atoms with E-state index in [2.05, 4.69) is 9.88 Å². The van der Waals surface area contributed by atoms with E-state index in [0.717, 1.165) is 42.8 Å². The molecule has 0 aliphatic carbocycles. The van der Waals surface area contributed by atoms with Crippen LogP contribution in [0.4, 0.5) is 6.01 Å². The van der Waals surface area contributed by atoms with E-state index < -0.39 is 0 Å². The summed E-state index contributed by atoms with van der Waals surface area (Å²) in [7, 11) is 1.64. The number of anilines is 1. The highest BCUT2D eigenvalue weighted by Crippen LogP contribution is 2.35. The normalized spacial score (nSPS) is 15.0. The highest BCUT2D eigenvalue weighted by Gasteiger charge is 2.19. The Morgan fingerprint density at radius 2 is 2.08 bits per heavy atom. The van der Waals surface area contributed by atoms with Crippen molar-refractivity contribution in [1.82, 2.24) is 4.98 Å². The standard InChI is InChI=1S/C18H18N2O3S/c1-22-13-7-5-6-12(10-13)14-11-24-16-15(14)23-18(19-17(16)21)20-8-3-2-4-9-20/h5-7,10-11H,2-4,8-9H2,1H3. The van der Waals surface area contributed by atoms with Gasteiger partial charge in [0, 0.05) is 24.0 Å². The smallest absolute Gasteiger partial charge is 0.301 e. The molecule has 0 radical (unpaired) electrons.